The fourth-order valence-electron chi connectivity index (χ4n) is 7.31. The molecule has 10 rings (SSSR count). The van der Waals surface area contributed by atoms with Gasteiger partial charge in [-0.3, -0.25) is 0 Å². The van der Waals surface area contributed by atoms with Crippen molar-refractivity contribution in [1.29, 1.82) is 0 Å². The van der Waals surface area contributed by atoms with E-state index in [2.05, 4.69) is 194 Å². The predicted molar refractivity (Wildman–Crippen MR) is 246 cm³/mol. The van der Waals surface area contributed by atoms with E-state index in [1.807, 2.05) is 22.7 Å². The minimum Gasteiger partial charge on any atom is -0.358 e. The largest absolute Gasteiger partial charge is 0.358 e. The molecule has 0 aliphatic heterocycles. The molecule has 0 saturated carbocycles. The third-order valence-electron chi connectivity index (χ3n) is 11.3. The van der Waals surface area contributed by atoms with Crippen molar-refractivity contribution in [2.45, 2.75) is 81.6 Å². The number of thiophene rings is 2. The van der Waals surface area contributed by atoms with Gasteiger partial charge in [-0.15, -0.1) is 22.7 Å². The summed E-state index contributed by atoms with van der Waals surface area (Å²) in [7, 11) is 2.09. The average Bonchev–Trinajstić information content (AvgIpc) is 3.98. The molecule has 282 valence electrons. The number of fused-ring (bicyclic) bond motifs is 5. The summed E-state index contributed by atoms with van der Waals surface area (Å²) in [5.41, 5.74) is 13.9. The van der Waals surface area contributed by atoms with Crippen LogP contribution in [-0.2, 0) is 19.9 Å². The van der Waals surface area contributed by atoms with Crippen LogP contribution in [0.4, 0.5) is 0 Å². The number of para-hydroxylation sites is 2. The van der Waals surface area contributed by atoms with Gasteiger partial charge in [0.15, 0.2) is 0 Å². The van der Waals surface area contributed by atoms with Crippen molar-refractivity contribution in [3.63, 3.8) is 0 Å². The zero-order valence-electron chi connectivity index (χ0n) is 34.4. The maximum absolute atomic E-state index is 3.33. The molecule has 0 saturated heterocycles. The number of H-pyrrole nitrogens is 1. The van der Waals surface area contributed by atoms with Crippen LogP contribution >= 0.6 is 22.7 Å². The lowest BCUT2D eigenvalue weighted by Gasteiger charge is -2.02. The van der Waals surface area contributed by atoms with Crippen molar-refractivity contribution >= 4 is 65.3 Å². The summed E-state index contributed by atoms with van der Waals surface area (Å²) in [4.78, 5) is 7.96. The molecular weight excluding hydrogens is 705 g/mol. The Morgan fingerprint density at radius 1 is 0.527 bits per heavy atom. The number of aromatic amines is 1. The lowest BCUT2D eigenvalue weighted by atomic mass is 10.0. The zero-order valence-corrected chi connectivity index (χ0v) is 36.0. The van der Waals surface area contributed by atoms with Gasteiger partial charge in [-0.05, 0) is 161 Å². The minimum atomic E-state index is 1.24. The van der Waals surface area contributed by atoms with Crippen LogP contribution in [0.5, 0.6) is 0 Å². The molecule has 0 bridgehead atoms. The van der Waals surface area contributed by atoms with Gasteiger partial charge in [-0.25, -0.2) is 0 Å². The number of aromatic nitrogens is 2. The van der Waals surface area contributed by atoms with Gasteiger partial charge >= 0.3 is 0 Å². The zero-order chi connectivity index (χ0) is 39.2. The predicted octanol–water partition coefficient (Wildman–Crippen LogP) is 15.1. The third-order valence-corrected chi connectivity index (χ3v) is 13.8. The molecule has 0 spiro atoms. The highest BCUT2D eigenvalue weighted by Gasteiger charge is 2.16. The summed E-state index contributed by atoms with van der Waals surface area (Å²) in [6, 6.07) is 40.5. The molecular formula is C51H56N2S2. The van der Waals surface area contributed by atoms with Gasteiger partial charge in [-0.1, -0.05) is 91.0 Å². The Hall–Kier alpha value is -4.90. The molecule has 55 heavy (non-hydrogen) atoms. The number of benzene rings is 5. The van der Waals surface area contributed by atoms with Crippen LogP contribution in [0.25, 0.3) is 42.7 Å². The third kappa shape index (κ3) is 9.15. The number of hydrogen-bond acceptors (Lipinski definition) is 2. The van der Waals surface area contributed by atoms with Gasteiger partial charge in [0.25, 0.3) is 0 Å². The number of nitrogens with one attached hydrogen (secondary N) is 1. The second kappa shape index (κ2) is 17.7. The molecule has 1 aliphatic rings. The van der Waals surface area contributed by atoms with Crippen LogP contribution in [0.1, 0.15) is 65.8 Å². The summed E-state index contributed by atoms with van der Waals surface area (Å²) in [5.74, 6) is 0. The van der Waals surface area contributed by atoms with Gasteiger partial charge < -0.3 is 9.55 Å². The molecule has 9 aromatic rings. The average molecular weight is 761 g/mol. The Balaban J connectivity index is 0.000000117. The van der Waals surface area contributed by atoms with Gasteiger partial charge in [0.1, 0.15) is 0 Å². The SMILES string of the molecule is Cc1[nH]c2ccccc2c1C.Cc1cc2ccccc2cc1C.Cc1cc2ccccc2n1C.Cc1sc2c(c1C)CCC2.Cc1sc2ccccc2c1C. The molecule has 2 nitrogen and oxygen atoms in total. The molecule has 1 aliphatic carbocycles. The maximum Gasteiger partial charge on any atom is 0.0479 e. The lowest BCUT2D eigenvalue weighted by Crippen LogP contribution is -1.88. The molecule has 4 heteroatoms. The van der Waals surface area contributed by atoms with Gasteiger partial charge in [0, 0.05) is 54.2 Å². The van der Waals surface area contributed by atoms with E-state index in [0.717, 1.165) is 0 Å². The van der Waals surface area contributed by atoms with Crippen molar-refractivity contribution in [3.8, 4) is 0 Å². The summed E-state index contributed by atoms with van der Waals surface area (Å²) in [6.45, 7) is 19.6. The number of hydrogen-bond donors (Lipinski definition) is 1. The van der Waals surface area contributed by atoms with Crippen LogP contribution < -0.4 is 0 Å². The summed E-state index contributed by atoms with van der Waals surface area (Å²) in [5, 5.41) is 6.74. The molecule has 0 atom stereocenters. The van der Waals surface area contributed by atoms with Crippen molar-refractivity contribution in [2.75, 3.05) is 0 Å². The van der Waals surface area contributed by atoms with Crippen LogP contribution in [-0.4, -0.2) is 9.55 Å². The first-order valence-corrected chi connectivity index (χ1v) is 21.1. The van der Waals surface area contributed by atoms with Crippen LogP contribution in [0.3, 0.4) is 0 Å². The van der Waals surface area contributed by atoms with E-state index in [1.54, 1.807) is 16.0 Å². The second-order valence-electron chi connectivity index (χ2n) is 14.9. The summed E-state index contributed by atoms with van der Waals surface area (Å²) in [6.07, 6.45) is 4.07. The van der Waals surface area contributed by atoms with E-state index in [0.29, 0.717) is 0 Å². The van der Waals surface area contributed by atoms with E-state index in [9.17, 15) is 0 Å². The number of aryl methyl sites for hydroxylation is 10. The van der Waals surface area contributed by atoms with E-state index < -0.39 is 0 Å². The van der Waals surface area contributed by atoms with Crippen molar-refractivity contribution in [1.82, 2.24) is 9.55 Å². The van der Waals surface area contributed by atoms with Gasteiger partial charge in [0.05, 0.1) is 0 Å². The molecule has 1 N–H and O–H groups in total. The number of nitrogens with zero attached hydrogens (tertiary/aromatic N) is 1. The molecule has 4 heterocycles. The highest BCUT2D eigenvalue weighted by atomic mass is 32.1. The van der Waals surface area contributed by atoms with Crippen molar-refractivity contribution < 1.29 is 0 Å². The molecule has 0 unspecified atom stereocenters. The molecule has 4 aromatic heterocycles. The Morgan fingerprint density at radius 2 is 1.09 bits per heavy atom. The molecule has 0 amide bonds. The Bertz CT molecular complexity index is 2470. The first-order chi connectivity index (χ1) is 26.4. The van der Waals surface area contributed by atoms with Crippen molar-refractivity contribution in [3.05, 3.63) is 175 Å². The topological polar surface area (TPSA) is 20.7 Å². The second-order valence-corrected chi connectivity index (χ2v) is 17.5. The first kappa shape index (κ1) is 39.8. The monoisotopic (exact) mass is 760 g/mol. The highest BCUT2D eigenvalue weighted by molar-refractivity contribution is 7.19. The first-order valence-electron chi connectivity index (χ1n) is 19.5. The standard InChI is InChI=1S/C12H12.2C10H11N.C10H10S.C9H12S/c1-9-7-11-5-3-4-6-12(11)8-10(9)2;1-8-7-9-5-3-4-6-10(9)11(8)2;2*1-7-8(2)11-10-6-4-3-5-9(7)10;1-6-7(2)10-9-5-3-4-8(6)9/h3-8H,1-2H3;3-7H,1-2H3;3-6,11H,1-2H3;3-6H,1-2H3;3-5H2,1-2H3. The van der Waals surface area contributed by atoms with E-state index in [4.69, 9.17) is 0 Å². The Labute approximate surface area is 336 Å². The van der Waals surface area contributed by atoms with E-state index >= 15 is 0 Å². The van der Waals surface area contributed by atoms with Crippen LogP contribution in [0.15, 0.2) is 115 Å². The fraction of sp³-hybridized carbons (Fsp3) is 0.255. The van der Waals surface area contributed by atoms with Gasteiger partial charge in [-0.2, -0.15) is 0 Å². The summed E-state index contributed by atoms with van der Waals surface area (Å²) < 4.78 is 3.61. The maximum atomic E-state index is 3.33. The molecule has 0 radical (unpaired) electrons. The highest BCUT2D eigenvalue weighted by Crippen LogP contribution is 2.34. The molecule has 0 fully saturated rings. The smallest absolute Gasteiger partial charge is 0.0479 e. The normalized spacial score (nSPS) is 11.6. The van der Waals surface area contributed by atoms with Crippen LogP contribution in [0.2, 0.25) is 0 Å². The fourth-order valence-corrected chi connectivity index (χ4v) is 9.65. The Morgan fingerprint density at radius 3 is 1.71 bits per heavy atom. The quantitative estimate of drug-likeness (QED) is 0.159. The van der Waals surface area contributed by atoms with Crippen molar-refractivity contribution in [2.24, 2.45) is 7.05 Å². The Kier molecular flexibility index (Phi) is 12.8. The lowest BCUT2D eigenvalue weighted by molar-refractivity contribution is 0.910. The van der Waals surface area contributed by atoms with Gasteiger partial charge in [0.2, 0.25) is 0 Å². The number of rotatable bonds is 0. The molecule has 5 aromatic carbocycles. The van der Waals surface area contributed by atoms with E-state index in [1.165, 1.54) is 105 Å². The van der Waals surface area contributed by atoms with Crippen LogP contribution in [0, 0.1) is 62.3 Å². The minimum absolute atomic E-state index is 1.24. The van der Waals surface area contributed by atoms with E-state index in [-0.39, 0.29) is 0 Å². The summed E-state index contributed by atoms with van der Waals surface area (Å²) >= 11 is 3.88.